The molecule has 0 aliphatic carbocycles. The number of rotatable bonds is 4. The first-order valence-electron chi connectivity index (χ1n) is 7.43. The summed E-state index contributed by atoms with van der Waals surface area (Å²) >= 11 is 10.1. The van der Waals surface area contributed by atoms with Crippen molar-refractivity contribution >= 4 is 56.5 Å². The SMILES string of the molecule is O=C1S/C(=C\c2cc(Br)cc(Cl)c2O)C(=O)N1CCc1ccccc1. The quantitative estimate of drug-likeness (QED) is 0.676. The summed E-state index contributed by atoms with van der Waals surface area (Å²) in [6.45, 7) is 0.317. The van der Waals surface area contributed by atoms with Crippen molar-refractivity contribution in [1.29, 1.82) is 0 Å². The van der Waals surface area contributed by atoms with E-state index in [0.29, 0.717) is 23.0 Å². The first-order chi connectivity index (χ1) is 12.0. The molecule has 0 radical (unpaired) electrons. The van der Waals surface area contributed by atoms with Crippen molar-refractivity contribution < 1.29 is 14.7 Å². The van der Waals surface area contributed by atoms with Crippen LogP contribution in [-0.4, -0.2) is 27.7 Å². The molecule has 2 aromatic carbocycles. The van der Waals surface area contributed by atoms with Crippen molar-refractivity contribution in [2.24, 2.45) is 0 Å². The summed E-state index contributed by atoms with van der Waals surface area (Å²) in [5.74, 6) is -0.484. The van der Waals surface area contributed by atoms with Crippen LogP contribution in [0.15, 0.2) is 51.8 Å². The Morgan fingerprint density at radius 3 is 2.64 bits per heavy atom. The van der Waals surface area contributed by atoms with Gasteiger partial charge in [-0.05, 0) is 42.0 Å². The summed E-state index contributed by atoms with van der Waals surface area (Å²) in [5.41, 5.74) is 1.44. The predicted molar refractivity (Wildman–Crippen MR) is 104 cm³/mol. The Labute approximate surface area is 162 Å². The smallest absolute Gasteiger partial charge is 0.293 e. The lowest BCUT2D eigenvalue weighted by molar-refractivity contribution is -0.122. The molecule has 4 nitrogen and oxygen atoms in total. The Kier molecular flexibility index (Phi) is 5.51. The van der Waals surface area contributed by atoms with E-state index < -0.39 is 0 Å². The van der Waals surface area contributed by atoms with Gasteiger partial charge in [-0.3, -0.25) is 14.5 Å². The van der Waals surface area contributed by atoms with E-state index in [0.717, 1.165) is 17.3 Å². The van der Waals surface area contributed by atoms with Crippen molar-refractivity contribution in [3.05, 3.63) is 68.0 Å². The summed E-state index contributed by atoms with van der Waals surface area (Å²) < 4.78 is 0.671. The number of benzene rings is 2. The Bertz CT molecular complexity index is 870. The number of imide groups is 1. The fraction of sp³-hybridized carbons (Fsp3) is 0.111. The van der Waals surface area contributed by atoms with Crippen LogP contribution in [-0.2, 0) is 11.2 Å². The summed E-state index contributed by atoms with van der Waals surface area (Å²) in [5, 5.41) is 9.89. The molecule has 0 bridgehead atoms. The molecule has 0 unspecified atom stereocenters. The van der Waals surface area contributed by atoms with Crippen LogP contribution in [0.3, 0.4) is 0 Å². The average molecular weight is 439 g/mol. The number of carbonyl (C=O) groups is 2. The fourth-order valence-corrected chi connectivity index (χ4v) is 4.11. The molecule has 1 aliphatic rings. The topological polar surface area (TPSA) is 57.6 Å². The third-order valence-electron chi connectivity index (χ3n) is 3.68. The van der Waals surface area contributed by atoms with Crippen LogP contribution in [0.1, 0.15) is 11.1 Å². The number of phenolic OH excluding ortho intramolecular Hbond substituents is 1. The minimum absolute atomic E-state index is 0.124. The number of amides is 2. The van der Waals surface area contributed by atoms with E-state index in [2.05, 4.69) is 15.9 Å². The van der Waals surface area contributed by atoms with E-state index in [-0.39, 0.29) is 26.8 Å². The number of nitrogens with zero attached hydrogens (tertiary/aromatic N) is 1. The van der Waals surface area contributed by atoms with Crippen LogP contribution in [0.25, 0.3) is 6.08 Å². The maximum Gasteiger partial charge on any atom is 0.293 e. The van der Waals surface area contributed by atoms with Gasteiger partial charge in [0.05, 0.1) is 9.93 Å². The predicted octanol–water partition coefficient (Wildman–Crippen LogP) is 5.09. The van der Waals surface area contributed by atoms with Crippen LogP contribution >= 0.6 is 39.3 Å². The molecule has 0 saturated carbocycles. The fourth-order valence-electron chi connectivity index (χ4n) is 2.42. The Hall–Kier alpha value is -1.76. The van der Waals surface area contributed by atoms with Crippen LogP contribution in [0.2, 0.25) is 5.02 Å². The molecule has 1 N–H and O–H groups in total. The van der Waals surface area contributed by atoms with Gasteiger partial charge in [0.15, 0.2) is 0 Å². The molecule has 1 aliphatic heterocycles. The lowest BCUT2D eigenvalue weighted by Crippen LogP contribution is -2.30. The van der Waals surface area contributed by atoms with Gasteiger partial charge in [0, 0.05) is 16.6 Å². The molecule has 0 aromatic heterocycles. The molecule has 128 valence electrons. The van der Waals surface area contributed by atoms with Crippen LogP contribution in [0, 0.1) is 0 Å². The first kappa shape index (κ1) is 18.0. The zero-order chi connectivity index (χ0) is 18.0. The number of hydrogen-bond donors (Lipinski definition) is 1. The second kappa shape index (κ2) is 7.64. The maximum absolute atomic E-state index is 12.5. The third-order valence-corrected chi connectivity index (χ3v) is 5.34. The largest absolute Gasteiger partial charge is 0.506 e. The lowest BCUT2D eigenvalue weighted by Gasteiger charge is -2.12. The van der Waals surface area contributed by atoms with E-state index in [9.17, 15) is 14.7 Å². The van der Waals surface area contributed by atoms with Gasteiger partial charge < -0.3 is 5.11 Å². The van der Waals surface area contributed by atoms with Crippen molar-refractivity contribution in [2.75, 3.05) is 6.54 Å². The highest BCUT2D eigenvalue weighted by Gasteiger charge is 2.34. The van der Waals surface area contributed by atoms with E-state index >= 15 is 0 Å². The molecule has 1 fully saturated rings. The monoisotopic (exact) mass is 437 g/mol. The molecule has 1 saturated heterocycles. The molecule has 0 spiro atoms. The Morgan fingerprint density at radius 1 is 1.20 bits per heavy atom. The van der Waals surface area contributed by atoms with E-state index in [4.69, 9.17) is 11.6 Å². The normalized spacial score (nSPS) is 16.1. The summed E-state index contributed by atoms with van der Waals surface area (Å²) in [6, 6.07) is 12.9. The van der Waals surface area contributed by atoms with Gasteiger partial charge in [-0.2, -0.15) is 0 Å². The molecule has 2 aromatic rings. The Balaban J connectivity index is 1.79. The summed E-state index contributed by atoms with van der Waals surface area (Å²) in [4.78, 5) is 26.2. The molecule has 25 heavy (non-hydrogen) atoms. The highest BCUT2D eigenvalue weighted by molar-refractivity contribution is 9.10. The first-order valence-corrected chi connectivity index (χ1v) is 9.42. The second-order valence-corrected chi connectivity index (χ2v) is 7.71. The standard InChI is InChI=1S/C18H13BrClNO3S/c19-13-8-12(16(22)14(20)10-13)9-15-17(23)21(18(24)25-15)7-6-11-4-2-1-3-5-11/h1-5,8-10,22H,6-7H2/b15-9-. The number of halogens is 2. The average Bonchev–Trinajstić information content (AvgIpc) is 2.85. The molecule has 3 rings (SSSR count). The summed E-state index contributed by atoms with van der Waals surface area (Å²) in [7, 11) is 0. The third kappa shape index (κ3) is 4.08. The van der Waals surface area contributed by atoms with Gasteiger partial charge in [-0.1, -0.05) is 57.9 Å². The van der Waals surface area contributed by atoms with Crippen LogP contribution in [0.4, 0.5) is 4.79 Å². The summed E-state index contributed by atoms with van der Waals surface area (Å²) in [6.07, 6.45) is 2.08. The van der Waals surface area contributed by atoms with Crippen LogP contribution in [0.5, 0.6) is 5.75 Å². The molecule has 0 atom stereocenters. The number of aromatic hydroxyl groups is 1. The molecule has 2 amide bonds. The van der Waals surface area contributed by atoms with Crippen molar-refractivity contribution in [3.8, 4) is 5.75 Å². The van der Waals surface area contributed by atoms with Gasteiger partial charge in [0.1, 0.15) is 5.75 Å². The number of thioether (sulfide) groups is 1. The number of carbonyl (C=O) groups excluding carboxylic acids is 2. The van der Waals surface area contributed by atoms with Gasteiger partial charge in [-0.15, -0.1) is 0 Å². The van der Waals surface area contributed by atoms with Gasteiger partial charge in [-0.25, -0.2) is 0 Å². The molecule has 1 heterocycles. The second-order valence-electron chi connectivity index (χ2n) is 5.39. The van der Waals surface area contributed by atoms with Gasteiger partial charge >= 0.3 is 0 Å². The Morgan fingerprint density at radius 2 is 1.92 bits per heavy atom. The van der Waals surface area contributed by atoms with Gasteiger partial charge in [0.2, 0.25) is 0 Å². The number of hydrogen-bond acceptors (Lipinski definition) is 4. The lowest BCUT2D eigenvalue weighted by atomic mass is 10.1. The molecular formula is C18H13BrClNO3S. The highest BCUT2D eigenvalue weighted by atomic mass is 79.9. The zero-order valence-electron chi connectivity index (χ0n) is 12.9. The minimum Gasteiger partial charge on any atom is -0.506 e. The highest BCUT2D eigenvalue weighted by Crippen LogP contribution is 2.37. The van der Waals surface area contributed by atoms with E-state index in [1.807, 2.05) is 30.3 Å². The zero-order valence-corrected chi connectivity index (χ0v) is 16.1. The molecule has 7 heteroatoms. The molecular weight excluding hydrogens is 426 g/mol. The van der Waals surface area contributed by atoms with Crippen molar-refractivity contribution in [3.63, 3.8) is 0 Å². The maximum atomic E-state index is 12.5. The van der Waals surface area contributed by atoms with E-state index in [1.54, 1.807) is 12.1 Å². The van der Waals surface area contributed by atoms with Crippen molar-refractivity contribution in [2.45, 2.75) is 6.42 Å². The van der Waals surface area contributed by atoms with Gasteiger partial charge in [0.25, 0.3) is 11.1 Å². The number of phenols is 1. The minimum atomic E-state index is -0.360. The van der Waals surface area contributed by atoms with Crippen molar-refractivity contribution in [1.82, 2.24) is 4.90 Å². The van der Waals surface area contributed by atoms with E-state index in [1.165, 1.54) is 11.0 Å². The van der Waals surface area contributed by atoms with Crippen LogP contribution < -0.4 is 0 Å².